The van der Waals surface area contributed by atoms with Crippen LogP contribution in [0.4, 0.5) is 0 Å². The largest absolute Gasteiger partial charge is 0.339 e. The first-order chi connectivity index (χ1) is 10.1. The van der Waals surface area contributed by atoms with Gasteiger partial charge in [-0.2, -0.15) is 0 Å². The van der Waals surface area contributed by atoms with Crippen LogP contribution in [0.2, 0.25) is 0 Å². The zero-order chi connectivity index (χ0) is 15.2. The number of piperidine rings is 1. The minimum atomic E-state index is 0.180. The Morgan fingerprint density at radius 2 is 1.90 bits per heavy atom. The lowest BCUT2D eigenvalue weighted by Gasteiger charge is -2.32. The molecular formula is C17H26N2OS. The van der Waals surface area contributed by atoms with Crippen LogP contribution in [-0.2, 0) is 0 Å². The van der Waals surface area contributed by atoms with E-state index in [0.717, 1.165) is 38.0 Å². The van der Waals surface area contributed by atoms with E-state index in [4.69, 9.17) is 0 Å². The summed E-state index contributed by atoms with van der Waals surface area (Å²) in [6, 6.07) is 8.05. The van der Waals surface area contributed by atoms with Gasteiger partial charge in [0.1, 0.15) is 0 Å². The molecule has 1 N–H and O–H groups in total. The molecule has 0 aliphatic carbocycles. The number of carbonyl (C=O) groups excluding carboxylic acids is 1. The third-order valence-corrected chi connectivity index (χ3v) is 4.88. The fraction of sp³-hybridized carbons (Fsp3) is 0.588. The summed E-state index contributed by atoms with van der Waals surface area (Å²) in [7, 11) is 1.99. The van der Waals surface area contributed by atoms with Crippen molar-refractivity contribution in [3.63, 3.8) is 0 Å². The molecule has 1 aromatic carbocycles. The summed E-state index contributed by atoms with van der Waals surface area (Å²) in [6.07, 6.45) is 2.21. The zero-order valence-electron chi connectivity index (χ0n) is 13.3. The molecule has 1 amide bonds. The number of hydrogen-bond donors (Lipinski definition) is 1. The predicted molar refractivity (Wildman–Crippen MR) is 90.0 cm³/mol. The summed E-state index contributed by atoms with van der Waals surface area (Å²) in [5, 5.41) is 3.80. The molecule has 1 heterocycles. The van der Waals surface area contributed by atoms with E-state index in [1.165, 1.54) is 4.90 Å². The molecule has 0 radical (unpaired) electrons. The Morgan fingerprint density at radius 3 is 2.43 bits per heavy atom. The second-order valence-electron chi connectivity index (χ2n) is 5.98. The number of amides is 1. The Bertz CT molecular complexity index is 450. The Labute approximate surface area is 132 Å². The maximum Gasteiger partial charge on any atom is 0.253 e. The summed E-state index contributed by atoms with van der Waals surface area (Å²) in [5.41, 5.74) is 0.815. The standard InChI is InChI=1S/C17H26N2OS/c1-13(2)21-16-6-4-15(5-7-16)17(20)19-10-8-14(9-11-19)12-18-3/h4-7,13-14,18H,8-12H2,1-3H3. The third kappa shape index (κ3) is 4.75. The topological polar surface area (TPSA) is 32.3 Å². The smallest absolute Gasteiger partial charge is 0.253 e. The van der Waals surface area contributed by atoms with Gasteiger partial charge in [0.2, 0.25) is 0 Å². The van der Waals surface area contributed by atoms with E-state index < -0.39 is 0 Å². The molecule has 0 atom stereocenters. The highest BCUT2D eigenvalue weighted by atomic mass is 32.2. The summed E-state index contributed by atoms with van der Waals surface area (Å²) < 4.78 is 0. The number of hydrogen-bond acceptors (Lipinski definition) is 3. The average molecular weight is 306 g/mol. The van der Waals surface area contributed by atoms with Gasteiger partial charge in [-0.15, -0.1) is 11.8 Å². The maximum absolute atomic E-state index is 12.5. The number of nitrogens with zero attached hydrogens (tertiary/aromatic N) is 1. The van der Waals surface area contributed by atoms with E-state index in [1.54, 1.807) is 0 Å². The molecule has 1 fully saturated rings. The molecule has 1 aliphatic rings. The van der Waals surface area contributed by atoms with Gasteiger partial charge < -0.3 is 10.2 Å². The van der Waals surface area contributed by atoms with Crippen molar-refractivity contribution in [1.29, 1.82) is 0 Å². The molecule has 0 saturated carbocycles. The van der Waals surface area contributed by atoms with E-state index in [-0.39, 0.29) is 5.91 Å². The third-order valence-electron chi connectivity index (χ3n) is 3.87. The molecular weight excluding hydrogens is 280 g/mol. The molecule has 0 bridgehead atoms. The summed E-state index contributed by atoms with van der Waals surface area (Å²) in [4.78, 5) is 15.7. The quantitative estimate of drug-likeness (QED) is 0.848. The first kappa shape index (κ1) is 16.4. The van der Waals surface area contributed by atoms with Crippen LogP contribution in [0.25, 0.3) is 0 Å². The molecule has 1 aliphatic heterocycles. The van der Waals surface area contributed by atoms with Crippen molar-refractivity contribution in [2.24, 2.45) is 5.92 Å². The Morgan fingerprint density at radius 1 is 1.29 bits per heavy atom. The molecule has 3 nitrogen and oxygen atoms in total. The van der Waals surface area contributed by atoms with Gasteiger partial charge in [0.15, 0.2) is 0 Å². The van der Waals surface area contributed by atoms with Gasteiger partial charge in [-0.3, -0.25) is 4.79 Å². The van der Waals surface area contributed by atoms with Crippen molar-refractivity contribution in [2.75, 3.05) is 26.7 Å². The molecule has 21 heavy (non-hydrogen) atoms. The SMILES string of the molecule is CNCC1CCN(C(=O)c2ccc(SC(C)C)cc2)CC1. The fourth-order valence-electron chi connectivity index (χ4n) is 2.76. The molecule has 1 saturated heterocycles. The van der Waals surface area contributed by atoms with E-state index in [2.05, 4.69) is 31.3 Å². The van der Waals surface area contributed by atoms with Gasteiger partial charge >= 0.3 is 0 Å². The summed E-state index contributed by atoms with van der Waals surface area (Å²) >= 11 is 1.83. The predicted octanol–water partition coefficient (Wildman–Crippen LogP) is 3.26. The van der Waals surface area contributed by atoms with E-state index in [1.807, 2.05) is 35.8 Å². The summed E-state index contributed by atoms with van der Waals surface area (Å²) in [6.45, 7) is 7.18. The van der Waals surface area contributed by atoms with Crippen molar-refractivity contribution in [3.8, 4) is 0 Å². The zero-order valence-corrected chi connectivity index (χ0v) is 14.1. The monoisotopic (exact) mass is 306 g/mol. The molecule has 0 unspecified atom stereocenters. The van der Waals surface area contributed by atoms with Crippen LogP contribution in [0.5, 0.6) is 0 Å². The van der Waals surface area contributed by atoms with Crippen LogP contribution in [-0.4, -0.2) is 42.7 Å². The Balaban J connectivity index is 1.91. The second-order valence-corrected chi connectivity index (χ2v) is 7.63. The highest BCUT2D eigenvalue weighted by molar-refractivity contribution is 7.99. The van der Waals surface area contributed by atoms with Crippen molar-refractivity contribution >= 4 is 17.7 Å². The van der Waals surface area contributed by atoms with Crippen LogP contribution in [0.3, 0.4) is 0 Å². The van der Waals surface area contributed by atoms with Crippen molar-refractivity contribution < 1.29 is 4.79 Å². The second kappa shape index (κ2) is 7.85. The van der Waals surface area contributed by atoms with Crippen LogP contribution in [0.1, 0.15) is 37.0 Å². The van der Waals surface area contributed by atoms with Gasteiger partial charge in [-0.05, 0) is 56.6 Å². The fourth-order valence-corrected chi connectivity index (χ4v) is 3.60. The molecule has 0 spiro atoms. The van der Waals surface area contributed by atoms with Gasteiger partial charge in [-0.25, -0.2) is 0 Å². The minimum Gasteiger partial charge on any atom is -0.339 e. The van der Waals surface area contributed by atoms with Crippen LogP contribution in [0, 0.1) is 5.92 Å². The maximum atomic E-state index is 12.5. The first-order valence-corrected chi connectivity index (χ1v) is 8.68. The molecule has 2 rings (SSSR count). The molecule has 1 aromatic rings. The van der Waals surface area contributed by atoms with Crippen LogP contribution < -0.4 is 5.32 Å². The lowest BCUT2D eigenvalue weighted by Crippen LogP contribution is -2.40. The van der Waals surface area contributed by atoms with Crippen LogP contribution in [0.15, 0.2) is 29.2 Å². The number of benzene rings is 1. The minimum absolute atomic E-state index is 0.180. The Kier molecular flexibility index (Phi) is 6.12. The van der Waals surface area contributed by atoms with Crippen molar-refractivity contribution in [3.05, 3.63) is 29.8 Å². The summed E-state index contributed by atoms with van der Waals surface area (Å²) in [5.74, 6) is 0.892. The number of nitrogens with one attached hydrogen (secondary N) is 1. The number of rotatable bonds is 5. The highest BCUT2D eigenvalue weighted by Crippen LogP contribution is 2.24. The van der Waals surface area contributed by atoms with Gasteiger partial charge in [0, 0.05) is 28.8 Å². The van der Waals surface area contributed by atoms with Gasteiger partial charge in [0.05, 0.1) is 0 Å². The normalized spacial score (nSPS) is 16.5. The highest BCUT2D eigenvalue weighted by Gasteiger charge is 2.23. The average Bonchev–Trinajstić information content (AvgIpc) is 2.48. The van der Waals surface area contributed by atoms with Gasteiger partial charge in [0.25, 0.3) is 5.91 Å². The number of likely N-dealkylation sites (tertiary alicyclic amines) is 1. The van der Waals surface area contributed by atoms with E-state index in [9.17, 15) is 4.79 Å². The molecule has 116 valence electrons. The molecule has 0 aromatic heterocycles. The lowest BCUT2D eigenvalue weighted by molar-refractivity contribution is 0.0691. The van der Waals surface area contributed by atoms with Crippen molar-refractivity contribution in [1.82, 2.24) is 10.2 Å². The van der Waals surface area contributed by atoms with E-state index >= 15 is 0 Å². The first-order valence-electron chi connectivity index (χ1n) is 7.80. The number of thioether (sulfide) groups is 1. The molecule has 4 heteroatoms. The van der Waals surface area contributed by atoms with E-state index in [0.29, 0.717) is 11.2 Å². The number of carbonyl (C=O) groups is 1. The van der Waals surface area contributed by atoms with Crippen molar-refractivity contribution in [2.45, 2.75) is 36.8 Å². The van der Waals surface area contributed by atoms with Crippen LogP contribution >= 0.6 is 11.8 Å². The Hall–Kier alpha value is -1.00. The van der Waals surface area contributed by atoms with Gasteiger partial charge in [-0.1, -0.05) is 13.8 Å². The lowest BCUT2D eigenvalue weighted by atomic mass is 9.96.